The molecule has 116 valence electrons. The smallest absolute Gasteiger partial charge is 0.337 e. The molecule has 0 saturated carbocycles. The zero-order valence-electron chi connectivity index (χ0n) is 12.4. The van der Waals surface area contributed by atoms with Gasteiger partial charge in [0.2, 0.25) is 0 Å². The maximum absolute atomic E-state index is 11.8. The van der Waals surface area contributed by atoms with Gasteiger partial charge in [-0.15, -0.1) is 11.3 Å². The summed E-state index contributed by atoms with van der Waals surface area (Å²) in [5.41, 5.74) is 0.436. The lowest BCUT2D eigenvalue weighted by molar-refractivity contribution is -0.123. The van der Waals surface area contributed by atoms with Crippen LogP contribution in [0.3, 0.4) is 0 Å². The van der Waals surface area contributed by atoms with E-state index in [4.69, 9.17) is 4.74 Å². The predicted molar refractivity (Wildman–Crippen MR) is 84.2 cm³/mol. The molecule has 0 aliphatic rings. The fourth-order valence-corrected chi connectivity index (χ4v) is 2.58. The number of ether oxygens (including phenoxy) is 2. The molecule has 0 spiro atoms. The predicted octanol–water partition coefficient (Wildman–Crippen LogP) is 2.79. The van der Waals surface area contributed by atoms with E-state index in [-0.39, 0.29) is 18.6 Å². The molecule has 5 nitrogen and oxygen atoms in total. The molecule has 1 atom stereocenters. The molecule has 1 amide bonds. The molecular weight excluding hydrogens is 302 g/mol. The molecule has 22 heavy (non-hydrogen) atoms. The largest absolute Gasteiger partial charge is 0.484 e. The summed E-state index contributed by atoms with van der Waals surface area (Å²) in [5, 5.41) is 4.83. The van der Waals surface area contributed by atoms with Gasteiger partial charge in [-0.2, -0.15) is 0 Å². The molecule has 2 rings (SSSR count). The summed E-state index contributed by atoms with van der Waals surface area (Å²) in [6.45, 7) is 1.85. The molecule has 0 saturated heterocycles. The van der Waals surface area contributed by atoms with Gasteiger partial charge in [0.15, 0.2) is 6.61 Å². The first kappa shape index (κ1) is 16.0. The van der Waals surface area contributed by atoms with Crippen molar-refractivity contribution in [1.29, 1.82) is 0 Å². The number of hydrogen-bond acceptors (Lipinski definition) is 5. The SMILES string of the molecule is COC(=O)c1ccc(OCC(=O)NC(C)c2cccs2)cc1. The summed E-state index contributed by atoms with van der Waals surface area (Å²) < 4.78 is 10.0. The third kappa shape index (κ3) is 4.33. The fraction of sp³-hybridized carbons (Fsp3) is 0.250. The molecule has 0 aliphatic carbocycles. The van der Waals surface area contributed by atoms with Crippen LogP contribution in [0.25, 0.3) is 0 Å². The lowest BCUT2D eigenvalue weighted by Crippen LogP contribution is -2.30. The number of carbonyl (C=O) groups is 2. The molecule has 0 aliphatic heterocycles. The minimum atomic E-state index is -0.408. The fourth-order valence-electron chi connectivity index (χ4n) is 1.85. The highest BCUT2D eigenvalue weighted by molar-refractivity contribution is 7.10. The summed E-state index contributed by atoms with van der Waals surface area (Å²) in [6.07, 6.45) is 0. The Morgan fingerprint density at radius 2 is 1.95 bits per heavy atom. The first-order valence-corrected chi connectivity index (χ1v) is 7.62. The Morgan fingerprint density at radius 1 is 1.23 bits per heavy atom. The van der Waals surface area contributed by atoms with Gasteiger partial charge < -0.3 is 14.8 Å². The van der Waals surface area contributed by atoms with Gasteiger partial charge in [-0.3, -0.25) is 4.79 Å². The molecule has 6 heteroatoms. The normalized spacial score (nSPS) is 11.5. The highest BCUT2D eigenvalue weighted by Crippen LogP contribution is 2.18. The minimum absolute atomic E-state index is 0.0437. The van der Waals surface area contributed by atoms with Crippen molar-refractivity contribution in [2.45, 2.75) is 13.0 Å². The van der Waals surface area contributed by atoms with Gasteiger partial charge >= 0.3 is 5.97 Å². The Balaban J connectivity index is 1.82. The van der Waals surface area contributed by atoms with Gasteiger partial charge in [-0.25, -0.2) is 4.79 Å². The maximum atomic E-state index is 11.8. The summed E-state index contributed by atoms with van der Waals surface area (Å²) in [4.78, 5) is 24.2. The molecule has 2 aromatic rings. The Labute approximate surface area is 132 Å². The van der Waals surface area contributed by atoms with Crippen LogP contribution in [-0.2, 0) is 9.53 Å². The Hall–Kier alpha value is -2.34. The molecule has 0 fully saturated rings. The van der Waals surface area contributed by atoms with Crippen LogP contribution in [0.2, 0.25) is 0 Å². The second-order valence-corrected chi connectivity index (χ2v) is 5.59. The van der Waals surface area contributed by atoms with E-state index in [1.165, 1.54) is 7.11 Å². The summed E-state index contributed by atoms with van der Waals surface area (Å²) in [6, 6.07) is 10.3. The van der Waals surface area contributed by atoms with Crippen molar-refractivity contribution in [2.75, 3.05) is 13.7 Å². The molecule has 0 bridgehead atoms. The van der Waals surface area contributed by atoms with E-state index in [0.29, 0.717) is 11.3 Å². The van der Waals surface area contributed by atoms with Crippen LogP contribution >= 0.6 is 11.3 Å². The standard InChI is InChI=1S/C16H17NO4S/c1-11(14-4-3-9-22-14)17-15(18)10-21-13-7-5-12(6-8-13)16(19)20-2/h3-9,11H,10H2,1-2H3,(H,17,18). The van der Waals surface area contributed by atoms with Gasteiger partial charge in [0, 0.05) is 4.88 Å². The number of methoxy groups -OCH3 is 1. The number of carbonyl (C=O) groups excluding carboxylic acids is 2. The Bertz CT molecular complexity index is 622. The van der Waals surface area contributed by atoms with Crippen molar-refractivity contribution in [3.05, 3.63) is 52.2 Å². The quantitative estimate of drug-likeness (QED) is 0.832. The Morgan fingerprint density at radius 3 is 2.55 bits per heavy atom. The van der Waals surface area contributed by atoms with Gasteiger partial charge in [0.25, 0.3) is 5.91 Å². The summed E-state index contributed by atoms with van der Waals surface area (Å²) in [7, 11) is 1.33. The number of thiophene rings is 1. The van der Waals surface area contributed by atoms with Gasteiger partial charge in [0.05, 0.1) is 18.7 Å². The first-order valence-electron chi connectivity index (χ1n) is 6.74. The van der Waals surface area contributed by atoms with Crippen LogP contribution < -0.4 is 10.1 Å². The first-order chi connectivity index (χ1) is 10.6. The highest BCUT2D eigenvalue weighted by Gasteiger charge is 2.11. The summed E-state index contributed by atoms with van der Waals surface area (Å²) in [5.74, 6) is -0.0846. The van der Waals surface area contributed by atoms with Gasteiger partial charge in [0.1, 0.15) is 5.75 Å². The number of rotatable bonds is 6. The lowest BCUT2D eigenvalue weighted by Gasteiger charge is -2.13. The van der Waals surface area contributed by atoms with Crippen LogP contribution in [0.5, 0.6) is 5.75 Å². The average Bonchev–Trinajstić information content (AvgIpc) is 3.07. The number of benzene rings is 1. The van der Waals surface area contributed by atoms with E-state index in [1.807, 2.05) is 24.4 Å². The molecule has 1 heterocycles. The molecule has 0 radical (unpaired) electrons. The van der Waals surface area contributed by atoms with Crippen LogP contribution in [-0.4, -0.2) is 25.6 Å². The lowest BCUT2D eigenvalue weighted by atomic mass is 10.2. The molecule has 1 N–H and O–H groups in total. The van der Waals surface area contributed by atoms with Crippen molar-refractivity contribution in [1.82, 2.24) is 5.32 Å². The molecule has 1 unspecified atom stereocenters. The van der Waals surface area contributed by atoms with Crippen LogP contribution in [0, 0.1) is 0 Å². The highest BCUT2D eigenvalue weighted by atomic mass is 32.1. The number of nitrogens with one attached hydrogen (secondary N) is 1. The zero-order chi connectivity index (χ0) is 15.9. The van der Waals surface area contributed by atoms with Crippen molar-refractivity contribution in [2.24, 2.45) is 0 Å². The number of hydrogen-bond donors (Lipinski definition) is 1. The molecule has 1 aromatic heterocycles. The van der Waals surface area contributed by atoms with E-state index >= 15 is 0 Å². The van der Waals surface area contributed by atoms with Crippen molar-refractivity contribution >= 4 is 23.2 Å². The molecular formula is C16H17NO4S. The van der Waals surface area contributed by atoms with Gasteiger partial charge in [-0.1, -0.05) is 6.07 Å². The van der Waals surface area contributed by atoms with E-state index in [1.54, 1.807) is 35.6 Å². The third-order valence-electron chi connectivity index (χ3n) is 2.99. The summed E-state index contributed by atoms with van der Waals surface area (Å²) >= 11 is 1.59. The van der Waals surface area contributed by atoms with Crippen LogP contribution in [0.15, 0.2) is 41.8 Å². The average molecular weight is 319 g/mol. The van der Waals surface area contributed by atoms with Crippen LogP contribution in [0.1, 0.15) is 28.2 Å². The maximum Gasteiger partial charge on any atom is 0.337 e. The second kappa shape index (κ2) is 7.61. The van der Waals surface area contributed by atoms with Crippen LogP contribution in [0.4, 0.5) is 0 Å². The van der Waals surface area contributed by atoms with Gasteiger partial charge in [-0.05, 0) is 42.6 Å². The van der Waals surface area contributed by atoms with E-state index < -0.39 is 5.97 Å². The zero-order valence-corrected chi connectivity index (χ0v) is 13.2. The monoisotopic (exact) mass is 319 g/mol. The molecule has 1 aromatic carbocycles. The second-order valence-electron chi connectivity index (χ2n) is 4.61. The van der Waals surface area contributed by atoms with E-state index in [2.05, 4.69) is 10.1 Å². The third-order valence-corrected chi connectivity index (χ3v) is 4.05. The van der Waals surface area contributed by atoms with E-state index in [0.717, 1.165) is 4.88 Å². The number of esters is 1. The van der Waals surface area contributed by atoms with Crippen molar-refractivity contribution < 1.29 is 19.1 Å². The topological polar surface area (TPSA) is 64.6 Å². The minimum Gasteiger partial charge on any atom is -0.484 e. The van der Waals surface area contributed by atoms with Crippen molar-refractivity contribution in [3.63, 3.8) is 0 Å². The Kier molecular flexibility index (Phi) is 5.55. The van der Waals surface area contributed by atoms with Crippen molar-refractivity contribution in [3.8, 4) is 5.75 Å². The van der Waals surface area contributed by atoms with E-state index in [9.17, 15) is 9.59 Å². The number of amides is 1.